The quantitative estimate of drug-likeness (QED) is 0.622. The third kappa shape index (κ3) is 10.1. The number of rotatable bonds is 9. The average molecular weight is 365 g/mol. The lowest BCUT2D eigenvalue weighted by atomic mass is 9.84. The maximum atomic E-state index is 8.61. The molecule has 0 aromatic rings. The van der Waals surface area contributed by atoms with Crippen LogP contribution in [0.5, 0.6) is 0 Å². The molecule has 1 heterocycles. The van der Waals surface area contributed by atoms with Gasteiger partial charge in [0.15, 0.2) is 0 Å². The molecule has 0 aromatic heterocycles. The van der Waals surface area contributed by atoms with Gasteiger partial charge in [-0.25, -0.2) is 0 Å². The van der Waals surface area contributed by atoms with Crippen LogP contribution in [0.1, 0.15) is 39.5 Å². The predicted molar refractivity (Wildman–Crippen MR) is 107 cm³/mol. The van der Waals surface area contributed by atoms with Crippen molar-refractivity contribution in [2.24, 2.45) is 5.41 Å². The van der Waals surface area contributed by atoms with Gasteiger partial charge in [0.05, 0.1) is 45.7 Å². The molecule has 4 nitrogen and oxygen atoms in total. The number of hydrogen-bond donors (Lipinski definition) is 1. The van der Waals surface area contributed by atoms with Crippen LogP contribution in [0.25, 0.3) is 0 Å². The maximum Gasteiger partial charge on any atom is 0.0806 e. The van der Waals surface area contributed by atoms with Gasteiger partial charge in [0, 0.05) is 5.41 Å². The standard InChI is InChI=1S/C12H24O4.2C5H6/c1-3-11(7-14-6-5-13)16-10-12(4-2)8-15-9-12;2*1-2-4-5-3-1/h11,13H,3-10H2,1-2H3;2*1-4H,5H2. The second-order valence-corrected chi connectivity index (χ2v) is 6.67. The molecule has 0 bridgehead atoms. The van der Waals surface area contributed by atoms with Gasteiger partial charge < -0.3 is 19.3 Å². The highest BCUT2D eigenvalue weighted by Crippen LogP contribution is 2.31. The molecular formula is C22H36O4. The van der Waals surface area contributed by atoms with Gasteiger partial charge in [0.2, 0.25) is 0 Å². The topological polar surface area (TPSA) is 47.9 Å². The van der Waals surface area contributed by atoms with Gasteiger partial charge in [0.25, 0.3) is 0 Å². The predicted octanol–water partition coefficient (Wildman–Crippen LogP) is 4.22. The lowest BCUT2D eigenvalue weighted by Crippen LogP contribution is -2.46. The highest BCUT2D eigenvalue weighted by Gasteiger charge is 2.37. The Hall–Kier alpha value is -1.20. The van der Waals surface area contributed by atoms with E-state index in [1.165, 1.54) is 0 Å². The van der Waals surface area contributed by atoms with Crippen LogP contribution in [0.4, 0.5) is 0 Å². The van der Waals surface area contributed by atoms with Crippen LogP contribution in [0.2, 0.25) is 0 Å². The highest BCUT2D eigenvalue weighted by molar-refractivity contribution is 5.12. The Morgan fingerprint density at radius 1 is 1.00 bits per heavy atom. The van der Waals surface area contributed by atoms with Crippen LogP contribution in [0.15, 0.2) is 48.6 Å². The first-order chi connectivity index (χ1) is 12.8. The monoisotopic (exact) mass is 364 g/mol. The molecule has 1 saturated heterocycles. The van der Waals surface area contributed by atoms with Crippen molar-refractivity contribution in [2.45, 2.75) is 45.6 Å². The average Bonchev–Trinajstić information content (AvgIpc) is 3.38. The molecular weight excluding hydrogens is 328 g/mol. The first-order valence-corrected chi connectivity index (χ1v) is 9.77. The zero-order chi connectivity index (χ0) is 18.9. The zero-order valence-corrected chi connectivity index (χ0v) is 16.4. The van der Waals surface area contributed by atoms with Crippen molar-refractivity contribution >= 4 is 0 Å². The summed E-state index contributed by atoms with van der Waals surface area (Å²) in [7, 11) is 0. The number of hydrogen-bond acceptors (Lipinski definition) is 4. The Bertz CT molecular complexity index is 400. The largest absolute Gasteiger partial charge is 0.394 e. The van der Waals surface area contributed by atoms with Crippen molar-refractivity contribution in [3.8, 4) is 0 Å². The first kappa shape index (κ1) is 22.8. The molecule has 4 heteroatoms. The summed E-state index contributed by atoms with van der Waals surface area (Å²) in [6.45, 7) is 7.68. The van der Waals surface area contributed by atoms with Gasteiger partial charge in [-0.05, 0) is 25.7 Å². The van der Waals surface area contributed by atoms with Crippen LogP contribution >= 0.6 is 0 Å². The minimum absolute atomic E-state index is 0.0726. The van der Waals surface area contributed by atoms with Crippen molar-refractivity contribution < 1.29 is 19.3 Å². The van der Waals surface area contributed by atoms with Crippen molar-refractivity contribution in [3.05, 3.63) is 48.6 Å². The molecule has 1 N–H and O–H groups in total. The van der Waals surface area contributed by atoms with Crippen LogP contribution in [-0.2, 0) is 14.2 Å². The normalized spacial score (nSPS) is 19.3. The molecule has 1 aliphatic heterocycles. The van der Waals surface area contributed by atoms with Crippen LogP contribution in [0, 0.1) is 5.41 Å². The molecule has 3 rings (SSSR count). The summed E-state index contributed by atoms with van der Waals surface area (Å²) in [5.41, 5.74) is 0.240. The Labute approximate surface area is 159 Å². The van der Waals surface area contributed by atoms with E-state index in [0.29, 0.717) is 13.2 Å². The fourth-order valence-corrected chi connectivity index (χ4v) is 2.42. The summed E-state index contributed by atoms with van der Waals surface area (Å²) >= 11 is 0. The Morgan fingerprint density at radius 2 is 1.58 bits per heavy atom. The molecule has 3 aliphatic rings. The molecule has 1 fully saturated rings. The van der Waals surface area contributed by atoms with E-state index in [-0.39, 0.29) is 18.1 Å². The van der Waals surface area contributed by atoms with E-state index >= 15 is 0 Å². The molecule has 1 unspecified atom stereocenters. The number of ether oxygens (including phenoxy) is 3. The number of aliphatic hydroxyl groups is 1. The van der Waals surface area contributed by atoms with Crippen molar-refractivity contribution in [3.63, 3.8) is 0 Å². The van der Waals surface area contributed by atoms with Crippen molar-refractivity contribution in [1.82, 2.24) is 0 Å². The van der Waals surface area contributed by atoms with Gasteiger partial charge >= 0.3 is 0 Å². The molecule has 26 heavy (non-hydrogen) atoms. The molecule has 0 radical (unpaired) electrons. The van der Waals surface area contributed by atoms with Gasteiger partial charge in [-0.15, -0.1) is 0 Å². The Kier molecular flexibility index (Phi) is 13.1. The molecule has 148 valence electrons. The van der Waals surface area contributed by atoms with Crippen LogP contribution in [-0.4, -0.2) is 50.9 Å². The van der Waals surface area contributed by atoms with Gasteiger partial charge in [-0.2, -0.15) is 0 Å². The summed E-state index contributed by atoms with van der Waals surface area (Å²) in [4.78, 5) is 0. The SMILES string of the molecule is C1=CCC=C1.C1=CCC=C1.CCC(COCCO)OCC1(CC)COC1. The number of aliphatic hydroxyl groups excluding tert-OH is 1. The van der Waals surface area contributed by atoms with E-state index in [1.54, 1.807) is 0 Å². The van der Waals surface area contributed by atoms with Crippen molar-refractivity contribution in [1.29, 1.82) is 0 Å². The fourth-order valence-electron chi connectivity index (χ4n) is 2.42. The van der Waals surface area contributed by atoms with Crippen molar-refractivity contribution in [2.75, 3.05) is 39.6 Å². The van der Waals surface area contributed by atoms with E-state index in [2.05, 4.69) is 62.5 Å². The summed E-state index contributed by atoms with van der Waals surface area (Å²) in [5.74, 6) is 0. The Balaban J connectivity index is 0.000000270. The Morgan fingerprint density at radius 3 is 1.88 bits per heavy atom. The minimum Gasteiger partial charge on any atom is -0.394 e. The van der Waals surface area contributed by atoms with Crippen LogP contribution in [0.3, 0.4) is 0 Å². The molecule has 0 saturated carbocycles. The summed E-state index contributed by atoms with van der Waals surface area (Å²) in [6, 6.07) is 0. The first-order valence-electron chi connectivity index (χ1n) is 9.77. The summed E-state index contributed by atoms with van der Waals surface area (Å²) in [6.07, 6.45) is 21.2. The molecule has 2 aliphatic carbocycles. The van der Waals surface area contributed by atoms with Gasteiger partial charge in [-0.3, -0.25) is 0 Å². The van der Waals surface area contributed by atoms with E-state index in [1.807, 2.05) is 0 Å². The second kappa shape index (κ2) is 14.9. The van der Waals surface area contributed by atoms with Crippen LogP contribution < -0.4 is 0 Å². The third-order valence-electron chi connectivity index (χ3n) is 4.50. The maximum absolute atomic E-state index is 8.61. The molecule has 0 aromatic carbocycles. The van der Waals surface area contributed by atoms with E-state index in [4.69, 9.17) is 19.3 Å². The number of allylic oxidation sites excluding steroid dienone is 8. The smallest absolute Gasteiger partial charge is 0.0806 e. The fraction of sp³-hybridized carbons (Fsp3) is 0.636. The zero-order valence-electron chi connectivity index (χ0n) is 16.4. The molecule has 0 amide bonds. The van der Waals surface area contributed by atoms with E-state index < -0.39 is 0 Å². The van der Waals surface area contributed by atoms with Gasteiger partial charge in [-0.1, -0.05) is 62.5 Å². The lowest BCUT2D eigenvalue weighted by molar-refractivity contribution is -0.166. The van der Waals surface area contributed by atoms with E-state index in [0.717, 1.165) is 45.5 Å². The van der Waals surface area contributed by atoms with E-state index in [9.17, 15) is 0 Å². The van der Waals surface area contributed by atoms with Gasteiger partial charge in [0.1, 0.15) is 0 Å². The minimum atomic E-state index is 0.0726. The summed E-state index contributed by atoms with van der Waals surface area (Å²) in [5, 5.41) is 8.61. The summed E-state index contributed by atoms with van der Waals surface area (Å²) < 4.78 is 16.4. The molecule has 1 atom stereocenters. The molecule has 0 spiro atoms. The lowest BCUT2D eigenvalue weighted by Gasteiger charge is -2.41. The second-order valence-electron chi connectivity index (χ2n) is 6.67. The third-order valence-corrected chi connectivity index (χ3v) is 4.50. The highest BCUT2D eigenvalue weighted by atomic mass is 16.5.